The summed E-state index contributed by atoms with van der Waals surface area (Å²) < 4.78 is 28.2. The second-order valence-electron chi connectivity index (χ2n) is 7.63. The predicted molar refractivity (Wildman–Crippen MR) is 76.3 cm³/mol. The van der Waals surface area contributed by atoms with E-state index in [2.05, 4.69) is 30.8 Å². The summed E-state index contributed by atoms with van der Waals surface area (Å²) in [4.78, 5) is 0. The Kier molecular flexibility index (Phi) is 3.05. The minimum absolute atomic E-state index is 0.0894. The predicted octanol–water partition coefficient (Wildman–Crippen LogP) is 1.48. The molecule has 2 bridgehead atoms. The maximum atomic E-state index is 12.5. The minimum atomic E-state index is -3.19. The number of fused-ring (bicyclic) bond motifs is 2. The van der Waals surface area contributed by atoms with Gasteiger partial charge in [0.2, 0.25) is 10.0 Å². The molecule has 1 heterocycles. The van der Waals surface area contributed by atoms with Gasteiger partial charge in [0, 0.05) is 12.6 Å². The van der Waals surface area contributed by atoms with Gasteiger partial charge in [-0.05, 0) is 49.0 Å². The Bertz CT molecular complexity index is 463. The summed E-state index contributed by atoms with van der Waals surface area (Å²) in [7, 11) is -3.19. The summed E-state index contributed by atoms with van der Waals surface area (Å²) >= 11 is 0. The molecule has 2 N–H and O–H groups in total. The number of nitrogens with one attached hydrogen (secondary N) is 2. The van der Waals surface area contributed by atoms with Crippen LogP contribution in [0.15, 0.2) is 0 Å². The van der Waals surface area contributed by atoms with E-state index in [1.54, 1.807) is 0 Å². The lowest BCUT2D eigenvalue weighted by Gasteiger charge is -2.43. The molecular formula is C14H26N2O2S. The van der Waals surface area contributed by atoms with Crippen molar-refractivity contribution in [3.05, 3.63) is 0 Å². The van der Waals surface area contributed by atoms with E-state index in [-0.39, 0.29) is 22.1 Å². The molecule has 1 saturated heterocycles. The molecule has 1 aliphatic heterocycles. The SMILES string of the molecule is CC12CCC(C1)C(C)(C)C2NS(=O)(=O)C1CCNC1. The van der Waals surface area contributed by atoms with Crippen molar-refractivity contribution < 1.29 is 8.42 Å². The van der Waals surface area contributed by atoms with Gasteiger partial charge < -0.3 is 5.32 Å². The molecule has 4 atom stereocenters. The van der Waals surface area contributed by atoms with E-state index >= 15 is 0 Å². The Hall–Kier alpha value is -0.130. The summed E-state index contributed by atoms with van der Waals surface area (Å²) in [5, 5.41) is 2.90. The first-order chi connectivity index (χ1) is 8.76. The third kappa shape index (κ3) is 2.05. The van der Waals surface area contributed by atoms with E-state index < -0.39 is 10.0 Å². The molecule has 0 radical (unpaired) electrons. The highest BCUT2D eigenvalue weighted by Gasteiger charge is 2.60. The van der Waals surface area contributed by atoms with Crippen LogP contribution in [0.2, 0.25) is 0 Å². The fraction of sp³-hybridized carbons (Fsp3) is 1.00. The van der Waals surface area contributed by atoms with E-state index in [1.807, 2.05) is 0 Å². The zero-order chi connectivity index (χ0) is 13.9. The molecule has 2 aliphatic carbocycles. The molecule has 0 aromatic carbocycles. The summed E-state index contributed by atoms with van der Waals surface area (Å²) in [6.07, 6.45) is 4.34. The molecule has 19 heavy (non-hydrogen) atoms. The van der Waals surface area contributed by atoms with Crippen LogP contribution in [0.25, 0.3) is 0 Å². The van der Waals surface area contributed by atoms with Crippen LogP contribution >= 0.6 is 0 Å². The second kappa shape index (κ2) is 4.18. The fourth-order valence-electron chi connectivity index (χ4n) is 4.75. The van der Waals surface area contributed by atoms with Gasteiger partial charge in [0.1, 0.15) is 0 Å². The third-order valence-corrected chi connectivity index (χ3v) is 7.85. The lowest BCUT2D eigenvalue weighted by Crippen LogP contribution is -2.54. The zero-order valence-electron chi connectivity index (χ0n) is 12.2. The van der Waals surface area contributed by atoms with E-state index in [0.29, 0.717) is 12.5 Å². The Morgan fingerprint density at radius 1 is 1.21 bits per heavy atom. The van der Waals surface area contributed by atoms with Crippen LogP contribution in [0.5, 0.6) is 0 Å². The van der Waals surface area contributed by atoms with Gasteiger partial charge in [0.05, 0.1) is 5.25 Å². The van der Waals surface area contributed by atoms with Gasteiger partial charge in [-0.25, -0.2) is 13.1 Å². The third-order valence-electron chi connectivity index (χ3n) is 6.01. The minimum Gasteiger partial charge on any atom is -0.315 e. The second-order valence-corrected chi connectivity index (χ2v) is 9.62. The van der Waals surface area contributed by atoms with Crippen LogP contribution in [-0.2, 0) is 10.0 Å². The average molecular weight is 286 g/mol. The van der Waals surface area contributed by atoms with Crippen molar-refractivity contribution >= 4 is 10.0 Å². The molecule has 0 aromatic heterocycles. The quantitative estimate of drug-likeness (QED) is 0.826. The number of hydrogen-bond donors (Lipinski definition) is 2. The molecule has 4 nitrogen and oxygen atoms in total. The standard InChI is InChI=1S/C14H26N2O2S/c1-13(2)10-4-6-14(3,8-10)12(13)16-19(17,18)11-5-7-15-9-11/h10-12,15-16H,4-9H2,1-3H3. The fourth-order valence-corrected chi connectivity index (χ4v) is 6.62. The summed E-state index contributed by atoms with van der Waals surface area (Å²) in [6.45, 7) is 8.16. The molecule has 3 aliphatic rings. The Morgan fingerprint density at radius 3 is 2.47 bits per heavy atom. The Morgan fingerprint density at radius 2 is 1.95 bits per heavy atom. The lowest BCUT2D eigenvalue weighted by molar-refractivity contribution is 0.127. The molecule has 110 valence electrons. The maximum Gasteiger partial charge on any atom is 0.216 e. The van der Waals surface area contributed by atoms with Gasteiger partial charge >= 0.3 is 0 Å². The van der Waals surface area contributed by atoms with E-state index in [4.69, 9.17) is 0 Å². The molecule has 5 heteroatoms. The molecule has 3 rings (SSSR count). The van der Waals surface area contributed by atoms with Crippen molar-refractivity contribution in [3.8, 4) is 0 Å². The normalized spacial score (nSPS) is 44.9. The van der Waals surface area contributed by atoms with Crippen LogP contribution < -0.4 is 10.0 Å². The molecule has 0 amide bonds. The molecule has 0 aromatic rings. The van der Waals surface area contributed by atoms with Crippen molar-refractivity contribution in [2.75, 3.05) is 13.1 Å². The van der Waals surface area contributed by atoms with Crippen molar-refractivity contribution in [1.82, 2.24) is 10.0 Å². The zero-order valence-corrected chi connectivity index (χ0v) is 13.0. The van der Waals surface area contributed by atoms with Gasteiger partial charge in [-0.2, -0.15) is 0 Å². The van der Waals surface area contributed by atoms with Crippen molar-refractivity contribution in [2.24, 2.45) is 16.7 Å². The maximum absolute atomic E-state index is 12.5. The first-order valence-electron chi connectivity index (χ1n) is 7.48. The Balaban J connectivity index is 1.83. The van der Waals surface area contributed by atoms with Crippen LogP contribution in [0.3, 0.4) is 0 Å². The lowest BCUT2D eigenvalue weighted by atomic mass is 9.69. The van der Waals surface area contributed by atoms with E-state index in [9.17, 15) is 8.42 Å². The molecule has 3 fully saturated rings. The highest BCUT2D eigenvalue weighted by Crippen LogP contribution is 2.62. The number of hydrogen-bond acceptors (Lipinski definition) is 3. The smallest absolute Gasteiger partial charge is 0.216 e. The first kappa shape index (κ1) is 13.8. The topological polar surface area (TPSA) is 58.2 Å². The van der Waals surface area contributed by atoms with Gasteiger partial charge in [-0.1, -0.05) is 20.8 Å². The van der Waals surface area contributed by atoms with E-state index in [1.165, 1.54) is 12.8 Å². The summed E-state index contributed by atoms with van der Waals surface area (Å²) in [5.41, 5.74) is 0.249. The largest absolute Gasteiger partial charge is 0.315 e. The van der Waals surface area contributed by atoms with Gasteiger partial charge in [0.25, 0.3) is 0 Å². The molecule has 0 spiro atoms. The van der Waals surface area contributed by atoms with Gasteiger partial charge in [0.15, 0.2) is 0 Å². The van der Waals surface area contributed by atoms with Gasteiger partial charge in [-0.3, -0.25) is 0 Å². The number of rotatable bonds is 3. The summed E-state index contributed by atoms with van der Waals surface area (Å²) in [6, 6.07) is 0.101. The highest BCUT2D eigenvalue weighted by atomic mass is 32.2. The molecule has 2 saturated carbocycles. The molecule has 4 unspecified atom stereocenters. The van der Waals surface area contributed by atoms with Crippen molar-refractivity contribution in [1.29, 1.82) is 0 Å². The van der Waals surface area contributed by atoms with Crippen LogP contribution in [-0.4, -0.2) is 32.8 Å². The van der Waals surface area contributed by atoms with Crippen molar-refractivity contribution in [2.45, 2.75) is 57.7 Å². The highest BCUT2D eigenvalue weighted by molar-refractivity contribution is 7.90. The van der Waals surface area contributed by atoms with Crippen LogP contribution in [0.1, 0.15) is 46.5 Å². The monoisotopic (exact) mass is 286 g/mol. The van der Waals surface area contributed by atoms with Crippen molar-refractivity contribution in [3.63, 3.8) is 0 Å². The Labute approximate surface area is 116 Å². The summed E-state index contributed by atoms with van der Waals surface area (Å²) in [5.74, 6) is 0.673. The molecular weight excluding hydrogens is 260 g/mol. The first-order valence-corrected chi connectivity index (χ1v) is 9.02. The van der Waals surface area contributed by atoms with Gasteiger partial charge in [-0.15, -0.1) is 0 Å². The average Bonchev–Trinajstić information content (AvgIpc) is 2.97. The van der Waals surface area contributed by atoms with Crippen LogP contribution in [0.4, 0.5) is 0 Å². The van der Waals surface area contributed by atoms with Crippen LogP contribution in [0, 0.1) is 16.7 Å². The van der Waals surface area contributed by atoms with E-state index in [0.717, 1.165) is 19.4 Å². The number of sulfonamides is 1.